The predicted molar refractivity (Wildman–Crippen MR) is 104 cm³/mol. The zero-order chi connectivity index (χ0) is 19.4. The minimum Gasteiger partial charge on any atom is -0.480 e. The van der Waals surface area contributed by atoms with E-state index in [2.05, 4.69) is 11.4 Å². The molecule has 3 rings (SSSR count). The number of nitrogens with one attached hydrogen (secondary N) is 1. The van der Waals surface area contributed by atoms with Crippen molar-refractivity contribution in [3.05, 3.63) is 42.0 Å². The number of nitrogens with zero attached hydrogens (tertiary/aromatic N) is 2. The number of amides is 2. The normalized spacial score (nSPS) is 17.3. The number of carbonyl (C=O) groups excluding carboxylic acids is 1. The summed E-state index contributed by atoms with van der Waals surface area (Å²) in [6.45, 7) is 3.79. The van der Waals surface area contributed by atoms with Gasteiger partial charge in [-0.3, -0.25) is 9.69 Å². The summed E-state index contributed by atoms with van der Waals surface area (Å²) in [6.07, 6.45) is -0.205. The number of aryl methyl sites for hydroxylation is 1. The Kier molecular flexibility index (Phi) is 5.93. The lowest BCUT2D eigenvalue weighted by Gasteiger charge is -2.34. The van der Waals surface area contributed by atoms with Crippen molar-refractivity contribution in [3.8, 4) is 0 Å². The largest absolute Gasteiger partial charge is 0.480 e. The van der Waals surface area contributed by atoms with Crippen molar-refractivity contribution in [1.82, 2.24) is 9.80 Å². The monoisotopic (exact) mass is 371 g/mol. The maximum atomic E-state index is 12.8. The molecule has 1 fully saturated rings. The number of rotatable bonds is 5. The third-order valence-corrected chi connectivity index (χ3v) is 4.59. The fourth-order valence-electron chi connectivity index (χ4n) is 3.42. The minimum absolute atomic E-state index is 0.0542. The molecule has 144 valence electrons. The number of fused-ring (bicyclic) bond motifs is 1. The van der Waals surface area contributed by atoms with E-state index in [1.54, 1.807) is 16.8 Å². The molecule has 27 heavy (non-hydrogen) atoms. The van der Waals surface area contributed by atoms with Gasteiger partial charge in [-0.15, -0.1) is 0 Å². The van der Waals surface area contributed by atoms with Crippen molar-refractivity contribution in [3.63, 3.8) is 0 Å². The number of likely N-dealkylation sites (N-methyl/N-ethyl adjacent to an activating group) is 1. The van der Waals surface area contributed by atoms with E-state index in [9.17, 15) is 9.59 Å². The van der Waals surface area contributed by atoms with E-state index in [1.807, 2.05) is 37.3 Å². The smallest absolute Gasteiger partial charge is 0.322 e. The van der Waals surface area contributed by atoms with Crippen LogP contribution in [0.5, 0.6) is 0 Å². The molecule has 0 spiro atoms. The summed E-state index contributed by atoms with van der Waals surface area (Å²) in [5.41, 5.74) is 1.88. The predicted octanol–water partition coefficient (Wildman–Crippen LogP) is 2.40. The lowest BCUT2D eigenvalue weighted by molar-refractivity contribution is -0.138. The zero-order valence-corrected chi connectivity index (χ0v) is 15.6. The average molecular weight is 371 g/mol. The van der Waals surface area contributed by atoms with Gasteiger partial charge in [-0.25, -0.2) is 4.79 Å². The summed E-state index contributed by atoms with van der Waals surface area (Å²) in [7, 11) is 1.73. The van der Waals surface area contributed by atoms with Crippen LogP contribution < -0.4 is 5.32 Å². The Morgan fingerprint density at radius 2 is 2.11 bits per heavy atom. The van der Waals surface area contributed by atoms with Crippen LogP contribution in [-0.4, -0.2) is 72.8 Å². The van der Waals surface area contributed by atoms with Crippen molar-refractivity contribution >= 4 is 28.5 Å². The van der Waals surface area contributed by atoms with Crippen molar-refractivity contribution in [2.75, 3.05) is 45.2 Å². The second kappa shape index (κ2) is 8.37. The van der Waals surface area contributed by atoms with Gasteiger partial charge in [0.25, 0.3) is 0 Å². The summed E-state index contributed by atoms with van der Waals surface area (Å²) in [5.74, 6) is -0.880. The molecule has 1 aliphatic rings. The summed E-state index contributed by atoms with van der Waals surface area (Å²) in [4.78, 5) is 27.0. The van der Waals surface area contributed by atoms with Crippen LogP contribution in [0.3, 0.4) is 0 Å². The van der Waals surface area contributed by atoms with Crippen molar-refractivity contribution in [2.24, 2.45) is 0 Å². The number of hydrogen-bond donors (Lipinski definition) is 2. The van der Waals surface area contributed by atoms with Crippen LogP contribution in [-0.2, 0) is 9.53 Å². The van der Waals surface area contributed by atoms with E-state index in [1.165, 1.54) is 0 Å². The molecule has 0 aromatic heterocycles. The summed E-state index contributed by atoms with van der Waals surface area (Å²) in [5, 5.41) is 14.0. The van der Waals surface area contributed by atoms with Crippen LogP contribution in [0.2, 0.25) is 0 Å². The molecule has 0 aliphatic carbocycles. The quantitative estimate of drug-likeness (QED) is 0.843. The first kappa shape index (κ1) is 19.1. The molecule has 1 atom stereocenters. The Balaban J connectivity index is 1.67. The summed E-state index contributed by atoms with van der Waals surface area (Å²) >= 11 is 0. The number of aliphatic carboxylic acids is 1. The molecule has 1 aliphatic heterocycles. The number of urea groups is 1. The molecular weight excluding hydrogens is 346 g/mol. The van der Waals surface area contributed by atoms with E-state index >= 15 is 0 Å². The number of carboxylic acid groups (broad SMARTS) is 1. The van der Waals surface area contributed by atoms with Gasteiger partial charge in [-0.1, -0.05) is 30.3 Å². The third kappa shape index (κ3) is 4.96. The average Bonchev–Trinajstić information content (AvgIpc) is 2.61. The fourth-order valence-corrected chi connectivity index (χ4v) is 3.42. The van der Waals surface area contributed by atoms with Crippen LogP contribution in [0.1, 0.15) is 5.56 Å². The van der Waals surface area contributed by atoms with Gasteiger partial charge in [-0.05, 0) is 31.0 Å². The highest BCUT2D eigenvalue weighted by Crippen LogP contribution is 2.25. The molecule has 1 unspecified atom stereocenters. The molecular formula is C20H25N3O4. The first-order valence-corrected chi connectivity index (χ1v) is 8.99. The molecule has 7 nitrogen and oxygen atoms in total. The Hall–Kier alpha value is -2.64. The van der Waals surface area contributed by atoms with Gasteiger partial charge in [-0.2, -0.15) is 0 Å². The molecule has 0 radical (unpaired) electrons. The van der Waals surface area contributed by atoms with Crippen molar-refractivity contribution in [2.45, 2.75) is 13.0 Å². The summed E-state index contributed by atoms with van der Waals surface area (Å²) in [6, 6.07) is 11.9. The van der Waals surface area contributed by atoms with E-state index in [4.69, 9.17) is 9.84 Å². The molecule has 2 amide bonds. The van der Waals surface area contributed by atoms with Crippen LogP contribution in [0, 0.1) is 6.92 Å². The highest BCUT2D eigenvalue weighted by Gasteiger charge is 2.26. The second-order valence-corrected chi connectivity index (χ2v) is 6.99. The fraction of sp³-hybridized carbons (Fsp3) is 0.400. The molecule has 2 aromatic rings. The standard InChI is InChI=1S/C20H25N3O4/c1-14-9-15-5-3-4-6-17(15)18(10-14)21-20(26)23-7-8-27-16(12-23)11-22(2)13-19(24)25/h3-6,9-10,16H,7-8,11-13H2,1-2H3,(H,21,26)(H,24,25). The molecule has 7 heteroatoms. The molecule has 2 N–H and O–H groups in total. The summed E-state index contributed by atoms with van der Waals surface area (Å²) < 4.78 is 5.69. The highest BCUT2D eigenvalue weighted by atomic mass is 16.5. The van der Waals surface area contributed by atoms with Crippen LogP contribution in [0.15, 0.2) is 36.4 Å². The highest BCUT2D eigenvalue weighted by molar-refractivity contribution is 6.02. The number of benzene rings is 2. The molecule has 2 aromatic carbocycles. The van der Waals surface area contributed by atoms with Crippen LogP contribution >= 0.6 is 0 Å². The van der Waals surface area contributed by atoms with Gasteiger partial charge in [0.1, 0.15) is 0 Å². The van der Waals surface area contributed by atoms with E-state index in [0.29, 0.717) is 26.2 Å². The topological polar surface area (TPSA) is 82.1 Å². The Labute approximate surface area is 158 Å². The van der Waals surface area contributed by atoms with Crippen molar-refractivity contribution in [1.29, 1.82) is 0 Å². The van der Waals surface area contributed by atoms with Gasteiger partial charge in [0, 0.05) is 25.0 Å². The third-order valence-electron chi connectivity index (χ3n) is 4.59. The van der Waals surface area contributed by atoms with Crippen molar-refractivity contribution < 1.29 is 19.4 Å². The number of anilines is 1. The number of carboxylic acids is 1. The van der Waals surface area contributed by atoms with Gasteiger partial charge in [0.2, 0.25) is 0 Å². The first-order valence-electron chi connectivity index (χ1n) is 8.99. The van der Waals surface area contributed by atoms with E-state index < -0.39 is 5.97 Å². The Morgan fingerprint density at radius 1 is 1.33 bits per heavy atom. The number of morpholine rings is 1. The van der Waals surface area contributed by atoms with E-state index in [-0.39, 0.29) is 18.7 Å². The second-order valence-electron chi connectivity index (χ2n) is 6.99. The molecule has 0 saturated carbocycles. The number of carbonyl (C=O) groups is 2. The van der Waals surface area contributed by atoms with E-state index in [0.717, 1.165) is 22.0 Å². The Bertz CT molecular complexity index is 839. The molecule has 1 saturated heterocycles. The lowest BCUT2D eigenvalue weighted by Crippen LogP contribution is -2.50. The number of ether oxygens (including phenoxy) is 1. The van der Waals surface area contributed by atoms with Gasteiger partial charge < -0.3 is 20.1 Å². The van der Waals surface area contributed by atoms with Crippen LogP contribution in [0.25, 0.3) is 10.8 Å². The Morgan fingerprint density at radius 3 is 2.89 bits per heavy atom. The maximum Gasteiger partial charge on any atom is 0.322 e. The lowest BCUT2D eigenvalue weighted by atomic mass is 10.1. The molecule has 1 heterocycles. The first-order chi connectivity index (χ1) is 12.9. The number of hydrogen-bond acceptors (Lipinski definition) is 4. The zero-order valence-electron chi connectivity index (χ0n) is 15.6. The van der Waals surface area contributed by atoms with Gasteiger partial charge >= 0.3 is 12.0 Å². The van der Waals surface area contributed by atoms with Gasteiger partial charge in [0.15, 0.2) is 0 Å². The minimum atomic E-state index is -0.880. The SMILES string of the molecule is Cc1cc(NC(=O)N2CCOC(CN(C)CC(=O)O)C2)c2ccccc2c1. The van der Waals surface area contributed by atoms with Gasteiger partial charge in [0.05, 0.1) is 24.9 Å². The van der Waals surface area contributed by atoms with Crippen LogP contribution in [0.4, 0.5) is 10.5 Å². The maximum absolute atomic E-state index is 12.8. The molecule has 0 bridgehead atoms.